The van der Waals surface area contributed by atoms with E-state index in [4.69, 9.17) is 9.26 Å². The summed E-state index contributed by atoms with van der Waals surface area (Å²) >= 11 is 0. The van der Waals surface area contributed by atoms with Gasteiger partial charge in [0.25, 0.3) is 5.89 Å². The van der Waals surface area contributed by atoms with E-state index in [-0.39, 0.29) is 6.03 Å². The Kier molecular flexibility index (Phi) is 5.52. The van der Waals surface area contributed by atoms with Crippen LogP contribution in [0.4, 0.5) is 4.79 Å². The third-order valence-corrected chi connectivity index (χ3v) is 5.13. The molecule has 2 amide bonds. The summed E-state index contributed by atoms with van der Waals surface area (Å²) in [5, 5.41) is 7.23. The fraction of sp³-hybridized carbons (Fsp3) is 0.261. The lowest BCUT2D eigenvalue weighted by atomic mass is 9.94. The largest absolute Gasteiger partial charge is 0.494 e. The van der Waals surface area contributed by atoms with Gasteiger partial charge < -0.3 is 14.6 Å². The van der Waals surface area contributed by atoms with Gasteiger partial charge in [0.15, 0.2) is 0 Å². The van der Waals surface area contributed by atoms with Crippen molar-refractivity contribution in [1.82, 2.24) is 20.4 Å². The minimum Gasteiger partial charge on any atom is -0.494 e. The van der Waals surface area contributed by atoms with Crippen LogP contribution in [0.2, 0.25) is 0 Å². The second-order valence-corrected chi connectivity index (χ2v) is 6.92. The van der Waals surface area contributed by atoms with Gasteiger partial charge in [-0.3, -0.25) is 4.90 Å². The number of hydrogen-bond acceptors (Lipinski definition) is 5. The Morgan fingerprint density at radius 2 is 1.83 bits per heavy atom. The fourth-order valence-corrected chi connectivity index (χ4v) is 3.65. The van der Waals surface area contributed by atoms with Crippen LogP contribution in [0.15, 0.2) is 64.8 Å². The van der Waals surface area contributed by atoms with Gasteiger partial charge in [-0.2, -0.15) is 4.98 Å². The molecule has 2 aromatic carbocycles. The summed E-state index contributed by atoms with van der Waals surface area (Å²) < 4.78 is 11.2. The highest BCUT2D eigenvalue weighted by Crippen LogP contribution is 2.37. The molecular formula is C23H24N4O3. The molecule has 0 saturated carbocycles. The molecule has 1 N–H and O–H groups in total. The molecule has 0 radical (unpaired) electrons. The van der Waals surface area contributed by atoms with Crippen LogP contribution in [0.1, 0.15) is 38.3 Å². The van der Waals surface area contributed by atoms with Crippen LogP contribution in [0.5, 0.6) is 5.75 Å². The summed E-state index contributed by atoms with van der Waals surface area (Å²) in [4.78, 5) is 19.0. The monoisotopic (exact) mass is 404 g/mol. The zero-order valence-corrected chi connectivity index (χ0v) is 17.3. The minimum atomic E-state index is -0.403. The third-order valence-electron chi connectivity index (χ3n) is 5.13. The molecule has 0 fully saturated rings. The normalized spacial score (nSPS) is 16.6. The van der Waals surface area contributed by atoms with E-state index in [0.29, 0.717) is 24.9 Å². The first kappa shape index (κ1) is 19.7. The molecule has 4 rings (SSSR count). The molecule has 1 aliphatic heterocycles. The maximum atomic E-state index is 12.7. The summed E-state index contributed by atoms with van der Waals surface area (Å²) in [6, 6.07) is 16.8. The number of carbonyl (C=O) groups is 1. The zero-order valence-electron chi connectivity index (χ0n) is 17.3. The molecule has 0 saturated heterocycles. The molecule has 1 aromatic heterocycles. The maximum Gasteiger partial charge on any atom is 0.322 e. The summed E-state index contributed by atoms with van der Waals surface area (Å²) in [5.74, 6) is 1.69. The molecule has 0 spiro atoms. The van der Waals surface area contributed by atoms with Crippen molar-refractivity contribution in [2.45, 2.75) is 26.8 Å². The van der Waals surface area contributed by atoms with Crippen molar-refractivity contribution in [3.05, 3.63) is 71.7 Å². The topological polar surface area (TPSA) is 80.5 Å². The Bertz CT molecular complexity index is 1060. The molecular weight excluding hydrogens is 380 g/mol. The first-order chi connectivity index (χ1) is 14.6. The van der Waals surface area contributed by atoms with Gasteiger partial charge in [0, 0.05) is 17.8 Å². The van der Waals surface area contributed by atoms with Gasteiger partial charge >= 0.3 is 6.03 Å². The molecule has 1 unspecified atom stereocenters. The summed E-state index contributed by atoms with van der Waals surface area (Å²) in [6.45, 7) is 6.92. The second kappa shape index (κ2) is 8.41. The first-order valence-corrected chi connectivity index (χ1v) is 10.0. The van der Waals surface area contributed by atoms with Crippen LogP contribution in [0.3, 0.4) is 0 Å². The van der Waals surface area contributed by atoms with Crippen LogP contribution >= 0.6 is 0 Å². The van der Waals surface area contributed by atoms with E-state index in [2.05, 4.69) is 15.5 Å². The molecule has 2 heterocycles. The number of amides is 2. The number of allylic oxidation sites excluding steroid dienone is 1. The van der Waals surface area contributed by atoms with Crippen molar-refractivity contribution >= 4 is 11.6 Å². The lowest BCUT2D eigenvalue weighted by Gasteiger charge is -2.34. The van der Waals surface area contributed by atoms with Gasteiger partial charge in [0.05, 0.1) is 18.2 Å². The van der Waals surface area contributed by atoms with Crippen molar-refractivity contribution in [2.75, 3.05) is 13.2 Å². The second-order valence-electron chi connectivity index (χ2n) is 6.92. The van der Waals surface area contributed by atoms with Crippen molar-refractivity contribution in [3.63, 3.8) is 0 Å². The van der Waals surface area contributed by atoms with Gasteiger partial charge in [-0.25, -0.2) is 4.79 Å². The Morgan fingerprint density at radius 1 is 1.10 bits per heavy atom. The first-order valence-electron chi connectivity index (χ1n) is 10.0. The van der Waals surface area contributed by atoms with E-state index in [0.717, 1.165) is 28.1 Å². The Labute approximate surface area is 175 Å². The summed E-state index contributed by atoms with van der Waals surface area (Å²) in [5.41, 5.74) is 3.37. The van der Waals surface area contributed by atoms with E-state index in [1.165, 1.54) is 0 Å². The molecule has 1 aliphatic rings. The fourth-order valence-electron chi connectivity index (χ4n) is 3.65. The number of aromatic nitrogens is 2. The van der Waals surface area contributed by atoms with E-state index >= 15 is 0 Å². The van der Waals surface area contributed by atoms with E-state index < -0.39 is 6.04 Å². The van der Waals surface area contributed by atoms with E-state index in [9.17, 15) is 4.79 Å². The molecule has 7 heteroatoms. The predicted octanol–water partition coefficient (Wildman–Crippen LogP) is 4.65. The highest BCUT2D eigenvalue weighted by atomic mass is 16.5. The number of urea groups is 1. The number of nitrogens with one attached hydrogen (secondary N) is 1. The minimum absolute atomic E-state index is 0.152. The molecule has 154 valence electrons. The smallest absolute Gasteiger partial charge is 0.322 e. The van der Waals surface area contributed by atoms with Gasteiger partial charge in [-0.1, -0.05) is 47.6 Å². The molecule has 1 atom stereocenters. The van der Waals surface area contributed by atoms with Crippen LogP contribution in [0.25, 0.3) is 17.0 Å². The number of benzene rings is 2. The standard InChI is InChI=1S/C23H24N4O3/c1-4-27-15(3)19(22-25-21(26-30-22)17-9-7-6-8-10-17)20(24-23(27)28)16-11-13-18(14-12-16)29-5-2/h6-14,20H,4-5H2,1-3H3,(H,24,28). The average Bonchev–Trinajstić information content (AvgIpc) is 3.25. The summed E-state index contributed by atoms with van der Waals surface area (Å²) in [6.07, 6.45) is 0. The molecule has 7 nitrogen and oxygen atoms in total. The van der Waals surface area contributed by atoms with Crippen molar-refractivity contribution < 1.29 is 14.1 Å². The van der Waals surface area contributed by atoms with Crippen LogP contribution in [0, 0.1) is 0 Å². The predicted molar refractivity (Wildman–Crippen MR) is 114 cm³/mol. The molecule has 30 heavy (non-hydrogen) atoms. The van der Waals surface area contributed by atoms with Crippen molar-refractivity contribution in [1.29, 1.82) is 0 Å². The number of carbonyl (C=O) groups excluding carboxylic acids is 1. The Balaban J connectivity index is 1.77. The van der Waals surface area contributed by atoms with E-state index in [1.54, 1.807) is 4.90 Å². The van der Waals surface area contributed by atoms with Gasteiger partial charge in [0.1, 0.15) is 5.75 Å². The van der Waals surface area contributed by atoms with Crippen LogP contribution in [-0.4, -0.2) is 34.2 Å². The quantitative estimate of drug-likeness (QED) is 0.647. The lowest BCUT2D eigenvalue weighted by Crippen LogP contribution is -2.45. The van der Waals surface area contributed by atoms with Gasteiger partial charge in [-0.15, -0.1) is 0 Å². The van der Waals surface area contributed by atoms with Crippen LogP contribution < -0.4 is 10.1 Å². The van der Waals surface area contributed by atoms with E-state index in [1.807, 2.05) is 75.4 Å². The maximum absolute atomic E-state index is 12.7. The zero-order chi connectivity index (χ0) is 21.1. The number of nitrogens with zero attached hydrogens (tertiary/aromatic N) is 3. The SMILES string of the molecule is CCOc1ccc(C2NC(=O)N(CC)C(C)=C2c2nc(-c3ccccc3)no2)cc1. The molecule has 0 aliphatic carbocycles. The number of hydrogen-bond donors (Lipinski definition) is 1. The number of ether oxygens (including phenoxy) is 1. The third kappa shape index (κ3) is 3.66. The molecule has 3 aromatic rings. The highest BCUT2D eigenvalue weighted by Gasteiger charge is 2.35. The van der Waals surface area contributed by atoms with Crippen LogP contribution in [-0.2, 0) is 0 Å². The molecule has 0 bridgehead atoms. The highest BCUT2D eigenvalue weighted by molar-refractivity contribution is 5.86. The average molecular weight is 404 g/mol. The lowest BCUT2D eigenvalue weighted by molar-refractivity contribution is 0.207. The Morgan fingerprint density at radius 3 is 2.50 bits per heavy atom. The number of rotatable bonds is 6. The van der Waals surface area contributed by atoms with Gasteiger partial charge in [-0.05, 0) is 38.5 Å². The van der Waals surface area contributed by atoms with Crippen molar-refractivity contribution in [3.8, 4) is 17.1 Å². The summed E-state index contributed by atoms with van der Waals surface area (Å²) in [7, 11) is 0. The van der Waals surface area contributed by atoms with Crippen molar-refractivity contribution in [2.24, 2.45) is 0 Å². The van der Waals surface area contributed by atoms with Gasteiger partial charge in [0.2, 0.25) is 5.82 Å². The Hall–Kier alpha value is -3.61.